The van der Waals surface area contributed by atoms with Crippen molar-refractivity contribution < 1.29 is 19.2 Å². The Morgan fingerprint density at radius 2 is 1.93 bits per heavy atom. The van der Waals surface area contributed by atoms with Gasteiger partial charge in [0, 0.05) is 13.1 Å². The topological polar surface area (TPSA) is 111 Å². The maximum absolute atomic E-state index is 12.9. The van der Waals surface area contributed by atoms with E-state index in [9.17, 15) is 19.2 Å². The molecule has 2 atom stereocenters. The molecule has 0 spiro atoms. The van der Waals surface area contributed by atoms with E-state index in [4.69, 9.17) is 0 Å². The Labute approximate surface area is 176 Å². The third-order valence-corrected chi connectivity index (χ3v) is 5.59. The summed E-state index contributed by atoms with van der Waals surface area (Å²) in [5.41, 5.74) is 2.38. The smallest absolute Gasteiger partial charge is 0.344 e. The van der Waals surface area contributed by atoms with Crippen molar-refractivity contribution in [3.63, 3.8) is 0 Å². The summed E-state index contributed by atoms with van der Waals surface area (Å²) in [7, 11) is 0. The largest absolute Gasteiger partial charge is 0.353 e. The van der Waals surface area contributed by atoms with Crippen LogP contribution in [0.25, 0.3) is 0 Å². The summed E-state index contributed by atoms with van der Waals surface area (Å²) in [4.78, 5) is 51.7. The van der Waals surface area contributed by atoms with Crippen molar-refractivity contribution in [1.29, 1.82) is 0 Å². The fraction of sp³-hybridized carbons (Fsp3) is 0.524. The van der Waals surface area contributed by atoms with E-state index in [0.717, 1.165) is 10.6 Å². The molecule has 0 bridgehead atoms. The standard InChI is InChI=1S/C21H29N5O4/c1-14(2)17-18(28)22-11-12-25(17)13-16(27)24-26-19(29)21(3,23-20(26)30)10-9-15-7-5-4-6-8-15/h4-8,14,17H,9-13H2,1-3H3,(H,22,28)(H,23,30)(H,24,27). The van der Waals surface area contributed by atoms with Gasteiger partial charge in [-0.2, -0.15) is 5.01 Å². The molecule has 0 radical (unpaired) electrons. The van der Waals surface area contributed by atoms with E-state index in [0.29, 0.717) is 25.9 Å². The molecule has 2 aliphatic rings. The van der Waals surface area contributed by atoms with Crippen LogP contribution < -0.4 is 16.1 Å². The SMILES string of the molecule is CC(C)C1C(=O)NCCN1CC(=O)NN1C(=O)NC(C)(CCc2ccccc2)C1=O. The molecule has 2 unspecified atom stereocenters. The monoisotopic (exact) mass is 415 g/mol. The molecule has 9 heteroatoms. The minimum absolute atomic E-state index is 0.0242. The van der Waals surface area contributed by atoms with E-state index in [2.05, 4.69) is 16.1 Å². The molecule has 3 rings (SSSR count). The molecule has 0 saturated carbocycles. The highest BCUT2D eigenvalue weighted by Crippen LogP contribution is 2.22. The van der Waals surface area contributed by atoms with Crippen LogP contribution >= 0.6 is 0 Å². The second kappa shape index (κ2) is 8.83. The molecule has 1 aromatic rings. The van der Waals surface area contributed by atoms with Crippen LogP contribution in [-0.2, 0) is 20.8 Å². The summed E-state index contributed by atoms with van der Waals surface area (Å²) >= 11 is 0. The van der Waals surface area contributed by atoms with E-state index in [1.54, 1.807) is 11.8 Å². The quantitative estimate of drug-likeness (QED) is 0.559. The summed E-state index contributed by atoms with van der Waals surface area (Å²) in [6.45, 7) is 6.39. The average Bonchev–Trinajstić information content (AvgIpc) is 2.90. The van der Waals surface area contributed by atoms with Gasteiger partial charge in [-0.05, 0) is 31.2 Å². The van der Waals surface area contributed by atoms with E-state index in [-0.39, 0.29) is 18.4 Å². The second-order valence-corrected chi connectivity index (χ2v) is 8.37. The highest BCUT2D eigenvalue weighted by atomic mass is 16.2. The van der Waals surface area contributed by atoms with Gasteiger partial charge in [0.15, 0.2) is 0 Å². The van der Waals surface area contributed by atoms with E-state index >= 15 is 0 Å². The number of nitrogens with zero attached hydrogens (tertiary/aromatic N) is 2. The summed E-state index contributed by atoms with van der Waals surface area (Å²) in [6, 6.07) is 8.61. The first kappa shape index (κ1) is 21.8. The second-order valence-electron chi connectivity index (χ2n) is 8.37. The molecule has 30 heavy (non-hydrogen) atoms. The van der Waals surface area contributed by atoms with Crippen molar-refractivity contribution in [2.45, 2.75) is 45.2 Å². The third-order valence-electron chi connectivity index (χ3n) is 5.59. The first-order valence-electron chi connectivity index (χ1n) is 10.2. The molecule has 2 aliphatic heterocycles. The van der Waals surface area contributed by atoms with Crippen LogP contribution in [-0.4, -0.2) is 64.9 Å². The lowest BCUT2D eigenvalue weighted by Crippen LogP contribution is -2.60. The number of urea groups is 1. The zero-order chi connectivity index (χ0) is 21.9. The van der Waals surface area contributed by atoms with Gasteiger partial charge in [-0.25, -0.2) is 4.79 Å². The Kier molecular flexibility index (Phi) is 6.40. The van der Waals surface area contributed by atoms with Crippen LogP contribution in [0.15, 0.2) is 30.3 Å². The van der Waals surface area contributed by atoms with Crippen LogP contribution in [0.3, 0.4) is 0 Å². The molecule has 0 aromatic heterocycles. The fourth-order valence-corrected chi connectivity index (χ4v) is 3.97. The van der Waals surface area contributed by atoms with Gasteiger partial charge in [-0.15, -0.1) is 0 Å². The van der Waals surface area contributed by atoms with Gasteiger partial charge in [0.05, 0.1) is 12.6 Å². The van der Waals surface area contributed by atoms with Crippen LogP contribution in [0, 0.1) is 5.92 Å². The van der Waals surface area contributed by atoms with Crippen molar-refractivity contribution in [3.05, 3.63) is 35.9 Å². The van der Waals surface area contributed by atoms with Gasteiger partial charge in [-0.3, -0.25) is 24.7 Å². The first-order chi connectivity index (χ1) is 14.2. The number of hydrazine groups is 1. The summed E-state index contributed by atoms with van der Waals surface area (Å²) < 4.78 is 0. The number of carbonyl (C=O) groups excluding carboxylic acids is 4. The van der Waals surface area contributed by atoms with Crippen molar-refractivity contribution in [3.8, 4) is 0 Å². The van der Waals surface area contributed by atoms with Gasteiger partial charge in [0.1, 0.15) is 5.54 Å². The van der Waals surface area contributed by atoms with Crippen LogP contribution in [0.5, 0.6) is 0 Å². The number of piperazine rings is 1. The first-order valence-corrected chi connectivity index (χ1v) is 10.2. The highest BCUT2D eigenvalue weighted by molar-refractivity contribution is 6.07. The van der Waals surface area contributed by atoms with Gasteiger partial charge in [0.25, 0.3) is 11.8 Å². The molecular formula is C21H29N5O4. The lowest BCUT2D eigenvalue weighted by molar-refractivity contribution is -0.141. The minimum Gasteiger partial charge on any atom is -0.353 e. The molecular weight excluding hydrogens is 386 g/mol. The van der Waals surface area contributed by atoms with E-state index in [1.807, 2.05) is 44.2 Å². The number of carbonyl (C=O) groups is 4. The average molecular weight is 415 g/mol. The number of nitrogens with one attached hydrogen (secondary N) is 3. The van der Waals surface area contributed by atoms with E-state index < -0.39 is 29.4 Å². The zero-order valence-corrected chi connectivity index (χ0v) is 17.6. The Morgan fingerprint density at radius 1 is 1.23 bits per heavy atom. The van der Waals surface area contributed by atoms with Crippen molar-refractivity contribution in [2.75, 3.05) is 19.6 Å². The Hall–Kier alpha value is -2.94. The van der Waals surface area contributed by atoms with Crippen molar-refractivity contribution in [2.24, 2.45) is 5.92 Å². The van der Waals surface area contributed by atoms with Gasteiger partial charge >= 0.3 is 6.03 Å². The van der Waals surface area contributed by atoms with Crippen molar-refractivity contribution in [1.82, 2.24) is 26.0 Å². The minimum atomic E-state index is -1.09. The van der Waals surface area contributed by atoms with Gasteiger partial charge in [0.2, 0.25) is 5.91 Å². The molecule has 0 aliphatic carbocycles. The number of rotatable bonds is 7. The van der Waals surface area contributed by atoms with Gasteiger partial charge in [-0.1, -0.05) is 44.2 Å². The maximum Gasteiger partial charge on any atom is 0.344 e. The molecule has 1 aromatic carbocycles. The van der Waals surface area contributed by atoms with Crippen LogP contribution in [0.2, 0.25) is 0 Å². The van der Waals surface area contributed by atoms with Crippen molar-refractivity contribution >= 4 is 23.8 Å². The maximum atomic E-state index is 12.9. The number of hydrogen-bond donors (Lipinski definition) is 3. The fourth-order valence-electron chi connectivity index (χ4n) is 3.97. The molecule has 2 heterocycles. The molecule has 9 nitrogen and oxygen atoms in total. The number of benzene rings is 1. The Bertz CT molecular complexity index is 828. The van der Waals surface area contributed by atoms with Crippen LogP contribution in [0.4, 0.5) is 4.79 Å². The molecule has 2 saturated heterocycles. The highest BCUT2D eigenvalue weighted by Gasteiger charge is 2.48. The summed E-state index contributed by atoms with van der Waals surface area (Å²) in [5, 5.41) is 6.24. The predicted octanol–water partition coefficient (Wildman–Crippen LogP) is 0.417. The number of imide groups is 1. The lowest BCUT2D eigenvalue weighted by atomic mass is 9.93. The van der Waals surface area contributed by atoms with Crippen LogP contribution in [0.1, 0.15) is 32.8 Å². The molecule has 3 N–H and O–H groups in total. The third kappa shape index (κ3) is 4.62. The summed E-state index contributed by atoms with van der Waals surface area (Å²) in [5.74, 6) is -1.09. The Morgan fingerprint density at radius 3 is 2.60 bits per heavy atom. The number of aryl methyl sites for hydroxylation is 1. The molecule has 2 fully saturated rings. The zero-order valence-electron chi connectivity index (χ0n) is 17.6. The van der Waals surface area contributed by atoms with E-state index in [1.165, 1.54) is 0 Å². The number of amides is 5. The lowest BCUT2D eigenvalue weighted by Gasteiger charge is -2.36. The molecule has 162 valence electrons. The predicted molar refractivity (Wildman–Crippen MR) is 110 cm³/mol. The summed E-state index contributed by atoms with van der Waals surface area (Å²) in [6.07, 6.45) is 1.03. The molecule has 5 amide bonds. The Balaban J connectivity index is 1.60. The number of hydrogen-bond acceptors (Lipinski definition) is 5. The van der Waals surface area contributed by atoms with Gasteiger partial charge < -0.3 is 10.6 Å². The normalized spacial score (nSPS) is 24.7.